The molecule has 40 heavy (non-hydrogen) atoms. The van der Waals surface area contributed by atoms with E-state index in [4.69, 9.17) is 37.4 Å². The van der Waals surface area contributed by atoms with Gasteiger partial charge in [-0.25, -0.2) is 5.43 Å². The summed E-state index contributed by atoms with van der Waals surface area (Å²) in [5.74, 6) is 0.744. The maximum atomic E-state index is 12.5. The first-order chi connectivity index (χ1) is 19.4. The van der Waals surface area contributed by atoms with Crippen molar-refractivity contribution in [2.75, 3.05) is 19.0 Å². The minimum Gasteiger partial charge on any atom is -0.493 e. The van der Waals surface area contributed by atoms with Crippen LogP contribution in [0.1, 0.15) is 21.5 Å². The zero-order valence-corrected chi connectivity index (χ0v) is 22.9. The third-order valence-electron chi connectivity index (χ3n) is 5.50. The maximum absolute atomic E-state index is 12.5. The normalized spacial score (nSPS) is 10.7. The van der Waals surface area contributed by atoms with Crippen molar-refractivity contribution in [3.63, 3.8) is 0 Å². The van der Waals surface area contributed by atoms with Crippen molar-refractivity contribution < 1.29 is 23.8 Å². The Labute approximate surface area is 241 Å². The van der Waals surface area contributed by atoms with Crippen molar-refractivity contribution >= 4 is 46.9 Å². The molecule has 0 radical (unpaired) electrons. The molecule has 4 aromatic carbocycles. The lowest BCUT2D eigenvalue weighted by Crippen LogP contribution is -2.20. The fourth-order valence-corrected chi connectivity index (χ4v) is 3.78. The van der Waals surface area contributed by atoms with Gasteiger partial charge in [0.2, 0.25) is 0 Å². The van der Waals surface area contributed by atoms with Crippen molar-refractivity contribution in [2.24, 2.45) is 5.10 Å². The van der Waals surface area contributed by atoms with Crippen molar-refractivity contribution in [2.45, 2.75) is 6.61 Å². The number of methoxy groups -OCH3 is 1. The van der Waals surface area contributed by atoms with Crippen molar-refractivity contribution in [1.82, 2.24) is 5.43 Å². The maximum Gasteiger partial charge on any atom is 0.271 e. The van der Waals surface area contributed by atoms with Crippen LogP contribution in [0.2, 0.25) is 10.0 Å². The van der Waals surface area contributed by atoms with Gasteiger partial charge in [0.25, 0.3) is 11.8 Å². The van der Waals surface area contributed by atoms with Crippen molar-refractivity contribution in [3.05, 3.63) is 118 Å². The second kappa shape index (κ2) is 14.0. The van der Waals surface area contributed by atoms with E-state index in [1.165, 1.54) is 6.21 Å². The molecule has 0 heterocycles. The minimum atomic E-state index is -0.411. The van der Waals surface area contributed by atoms with E-state index in [1.807, 2.05) is 12.1 Å². The second-order valence-corrected chi connectivity index (χ2v) is 9.21. The van der Waals surface area contributed by atoms with Gasteiger partial charge in [-0.15, -0.1) is 0 Å². The molecular weight excluding hydrogens is 553 g/mol. The Kier molecular flexibility index (Phi) is 9.99. The summed E-state index contributed by atoms with van der Waals surface area (Å²) in [5.41, 5.74) is 5.03. The zero-order chi connectivity index (χ0) is 28.3. The number of ether oxygens (including phenoxy) is 3. The predicted molar refractivity (Wildman–Crippen MR) is 156 cm³/mol. The molecule has 0 unspecified atom stereocenters. The largest absolute Gasteiger partial charge is 0.493 e. The van der Waals surface area contributed by atoms with E-state index in [2.05, 4.69) is 15.8 Å². The summed E-state index contributed by atoms with van der Waals surface area (Å²) in [7, 11) is 1.55. The first-order valence-electron chi connectivity index (χ1n) is 12.1. The molecule has 0 aliphatic rings. The van der Waals surface area contributed by atoms with Gasteiger partial charge in [-0.05, 0) is 77.9 Å². The van der Waals surface area contributed by atoms with E-state index in [0.29, 0.717) is 50.7 Å². The van der Waals surface area contributed by atoms with Crippen LogP contribution in [0.4, 0.5) is 5.69 Å². The first-order valence-corrected chi connectivity index (χ1v) is 12.8. The molecule has 0 bridgehead atoms. The molecule has 0 fully saturated rings. The summed E-state index contributed by atoms with van der Waals surface area (Å²) in [6.45, 7) is 0.150. The molecule has 0 aromatic heterocycles. The highest BCUT2D eigenvalue weighted by atomic mass is 35.5. The number of nitrogens with zero attached hydrogens (tertiary/aromatic N) is 1. The zero-order valence-electron chi connectivity index (χ0n) is 21.4. The molecule has 4 aromatic rings. The van der Waals surface area contributed by atoms with Gasteiger partial charge >= 0.3 is 0 Å². The number of benzene rings is 4. The molecule has 0 aliphatic heterocycles. The fourth-order valence-electron chi connectivity index (χ4n) is 3.46. The lowest BCUT2D eigenvalue weighted by atomic mass is 10.2. The summed E-state index contributed by atoms with van der Waals surface area (Å²) in [6.07, 6.45) is 1.50. The highest BCUT2D eigenvalue weighted by molar-refractivity contribution is 6.32. The molecule has 0 saturated carbocycles. The molecule has 0 spiro atoms. The van der Waals surface area contributed by atoms with Gasteiger partial charge in [0, 0.05) is 16.3 Å². The van der Waals surface area contributed by atoms with Crippen LogP contribution in [-0.2, 0) is 11.4 Å². The van der Waals surface area contributed by atoms with E-state index in [9.17, 15) is 9.59 Å². The molecule has 2 N–H and O–H groups in total. The number of amides is 2. The highest BCUT2D eigenvalue weighted by Gasteiger charge is 2.09. The van der Waals surface area contributed by atoms with Crippen LogP contribution in [0.15, 0.2) is 96.1 Å². The Morgan fingerprint density at radius 1 is 0.850 bits per heavy atom. The van der Waals surface area contributed by atoms with E-state index in [-0.39, 0.29) is 12.5 Å². The van der Waals surface area contributed by atoms with Crippen molar-refractivity contribution in [3.8, 4) is 17.2 Å². The van der Waals surface area contributed by atoms with E-state index >= 15 is 0 Å². The highest BCUT2D eigenvalue weighted by Crippen LogP contribution is 2.28. The third-order valence-corrected chi connectivity index (χ3v) is 6.07. The number of anilines is 1. The van der Waals surface area contributed by atoms with Crippen LogP contribution in [0.25, 0.3) is 0 Å². The van der Waals surface area contributed by atoms with Crippen LogP contribution in [-0.4, -0.2) is 31.7 Å². The molecule has 10 heteroatoms. The Morgan fingerprint density at radius 2 is 1.60 bits per heavy atom. The van der Waals surface area contributed by atoms with Crippen molar-refractivity contribution in [1.29, 1.82) is 0 Å². The topological polar surface area (TPSA) is 98.2 Å². The number of rotatable bonds is 11. The molecule has 0 saturated heterocycles. The summed E-state index contributed by atoms with van der Waals surface area (Å²) >= 11 is 11.9. The number of hydrazone groups is 1. The SMILES string of the molecule is COc1cc(/C=N/NC(=O)c2ccc(NC(=O)COc3ccccc3Cl)cc2)ccc1OCc1ccc(Cl)cc1. The van der Waals surface area contributed by atoms with Crippen LogP contribution >= 0.6 is 23.2 Å². The number of hydrogen-bond donors (Lipinski definition) is 2. The van der Waals surface area contributed by atoms with Gasteiger partial charge in [0.15, 0.2) is 18.1 Å². The van der Waals surface area contributed by atoms with Gasteiger partial charge < -0.3 is 19.5 Å². The van der Waals surface area contributed by atoms with Gasteiger partial charge in [0.1, 0.15) is 12.4 Å². The molecule has 0 atom stereocenters. The first kappa shape index (κ1) is 28.5. The summed E-state index contributed by atoms with van der Waals surface area (Å²) < 4.78 is 16.7. The standard InChI is InChI=1S/C30H25Cl2N3O5/c1-38-28-16-21(8-15-27(28)39-18-20-6-11-23(31)12-7-20)17-33-35-30(37)22-9-13-24(14-10-22)34-29(36)19-40-26-5-3-2-4-25(26)32/h2-17H,18-19H2,1H3,(H,34,36)(H,35,37)/b33-17+. The average molecular weight is 578 g/mol. The smallest absolute Gasteiger partial charge is 0.271 e. The number of carbonyl (C=O) groups is 2. The molecule has 4 rings (SSSR count). The molecule has 204 valence electrons. The second-order valence-electron chi connectivity index (χ2n) is 8.37. The van der Waals surface area contributed by atoms with Crippen LogP contribution < -0.4 is 25.0 Å². The Balaban J connectivity index is 1.26. The quantitative estimate of drug-likeness (QED) is 0.159. The van der Waals surface area contributed by atoms with Crippen LogP contribution in [0.3, 0.4) is 0 Å². The average Bonchev–Trinajstić information content (AvgIpc) is 2.97. The number of carbonyl (C=O) groups excluding carboxylic acids is 2. The van der Waals surface area contributed by atoms with E-state index in [1.54, 1.807) is 86.0 Å². The summed E-state index contributed by atoms with van der Waals surface area (Å²) in [6, 6.07) is 26.0. The lowest BCUT2D eigenvalue weighted by Gasteiger charge is -2.11. The monoisotopic (exact) mass is 577 g/mol. The molecule has 8 nitrogen and oxygen atoms in total. The lowest BCUT2D eigenvalue weighted by molar-refractivity contribution is -0.118. The molecular formula is C30H25Cl2N3O5. The predicted octanol–water partition coefficient (Wildman–Crippen LogP) is 6.36. The van der Waals surface area contributed by atoms with Gasteiger partial charge in [0.05, 0.1) is 18.3 Å². The van der Waals surface area contributed by atoms with Crippen LogP contribution in [0, 0.1) is 0 Å². The Morgan fingerprint density at radius 3 is 2.33 bits per heavy atom. The molecule has 0 aliphatic carbocycles. The third kappa shape index (κ3) is 8.23. The Hall–Kier alpha value is -4.53. The van der Waals surface area contributed by atoms with Gasteiger partial charge in [-0.1, -0.05) is 47.5 Å². The number of hydrogen-bond acceptors (Lipinski definition) is 6. The molecule has 2 amide bonds. The van der Waals surface area contributed by atoms with Crippen LogP contribution in [0.5, 0.6) is 17.2 Å². The number of para-hydroxylation sites is 1. The number of halogens is 2. The fraction of sp³-hybridized carbons (Fsp3) is 0.100. The summed E-state index contributed by atoms with van der Waals surface area (Å²) in [5, 5.41) is 7.81. The van der Waals surface area contributed by atoms with Gasteiger partial charge in [-0.2, -0.15) is 5.10 Å². The summed E-state index contributed by atoms with van der Waals surface area (Å²) in [4.78, 5) is 24.7. The van der Waals surface area contributed by atoms with Gasteiger partial charge in [-0.3, -0.25) is 9.59 Å². The van der Waals surface area contributed by atoms with E-state index < -0.39 is 5.91 Å². The Bertz CT molecular complexity index is 1490. The number of nitrogens with one attached hydrogen (secondary N) is 2. The van der Waals surface area contributed by atoms with E-state index in [0.717, 1.165) is 5.56 Å². The minimum absolute atomic E-state index is 0.207.